The number of para-hydroxylation sites is 5. The lowest BCUT2D eigenvalue weighted by Gasteiger charge is -2.16. The molecule has 8 heteroatoms. The molecule has 14 aromatic carbocycles. The molecule has 94 heavy (non-hydrogen) atoms. The molecule has 436 valence electrons. The van der Waals surface area contributed by atoms with Crippen LogP contribution in [0.5, 0.6) is 0 Å². The fourth-order valence-corrected chi connectivity index (χ4v) is 15.2. The van der Waals surface area contributed by atoms with E-state index in [2.05, 4.69) is 305 Å². The summed E-state index contributed by atoms with van der Waals surface area (Å²) in [5.74, 6) is 1.19. The van der Waals surface area contributed by atoms with Gasteiger partial charge in [0.05, 0.1) is 50.2 Å². The molecule has 0 unspecified atom stereocenters. The Bertz CT molecular complexity index is 6430. The highest BCUT2D eigenvalue weighted by molar-refractivity contribution is 6.35. The molecular formula is C86H51N7O. The van der Waals surface area contributed by atoms with Crippen LogP contribution in [0.3, 0.4) is 0 Å². The zero-order valence-electron chi connectivity index (χ0n) is 50.5. The summed E-state index contributed by atoms with van der Waals surface area (Å²) < 4.78 is 14.1. The van der Waals surface area contributed by atoms with Gasteiger partial charge in [-0.15, -0.1) is 0 Å². The smallest absolute Gasteiger partial charge is 0.235 e. The Hall–Kier alpha value is -12.8. The van der Waals surface area contributed by atoms with Crippen LogP contribution in [0.4, 0.5) is 0 Å². The Morgan fingerprint density at radius 1 is 0.266 bits per heavy atom. The van der Waals surface area contributed by atoms with Gasteiger partial charge >= 0.3 is 0 Å². The van der Waals surface area contributed by atoms with Gasteiger partial charge in [0.1, 0.15) is 11.1 Å². The summed E-state index contributed by atoms with van der Waals surface area (Å²) in [6.45, 7) is 0. The van der Waals surface area contributed by atoms with Crippen molar-refractivity contribution in [3.8, 4) is 73.6 Å². The lowest BCUT2D eigenvalue weighted by molar-refractivity contribution is 0.671. The summed E-state index contributed by atoms with van der Waals surface area (Å²) in [5.41, 5.74) is 19.5. The molecule has 6 heterocycles. The average Bonchev–Trinajstić information content (AvgIpc) is 1.51. The molecule has 20 aromatic rings. The molecule has 8 nitrogen and oxygen atoms in total. The van der Waals surface area contributed by atoms with Crippen molar-refractivity contribution in [1.82, 2.24) is 33.6 Å². The third kappa shape index (κ3) is 7.74. The molecule has 0 spiro atoms. The Morgan fingerprint density at radius 2 is 0.734 bits per heavy atom. The van der Waals surface area contributed by atoms with E-state index in [-0.39, 0.29) is 0 Å². The standard InChI is InChI=1S/C86H51N7O/c1-4-24-52(25-5-1)70-51-71(53-26-6-2-7-27-53)88-85(87-70)55-48-56(91-72-40-17-12-30-60(72)61-31-13-18-41-73(61)91)50-57(49-55)92-74-42-19-14-34-66(74)78-62(38-23-44-76(78)92)58-37-22-39-65-59(58)46-47-69-81(54-28-8-3-9-29-54)89-86(90-82(65)69)93-75-43-20-15-35-67(75)79-63-32-10-11-33-64(63)80-68-36-16-21-45-77(68)94-84(80)83(79)93/h1-51H. The first kappa shape index (κ1) is 52.0. The van der Waals surface area contributed by atoms with Gasteiger partial charge < -0.3 is 13.6 Å². The van der Waals surface area contributed by atoms with Crippen LogP contribution in [0.2, 0.25) is 0 Å². The molecule has 0 N–H and O–H groups in total. The Kier molecular flexibility index (Phi) is 11.3. The van der Waals surface area contributed by atoms with Crippen LogP contribution in [-0.2, 0) is 0 Å². The van der Waals surface area contributed by atoms with Gasteiger partial charge in [0, 0.05) is 87.5 Å². The molecular weight excluding hydrogens is 1150 g/mol. The minimum Gasteiger partial charge on any atom is -0.454 e. The number of fused-ring (bicyclic) bond motifs is 19. The molecule has 0 fully saturated rings. The van der Waals surface area contributed by atoms with Crippen molar-refractivity contribution in [1.29, 1.82) is 0 Å². The van der Waals surface area contributed by atoms with Crippen LogP contribution in [0, 0.1) is 0 Å². The summed E-state index contributed by atoms with van der Waals surface area (Å²) >= 11 is 0. The van der Waals surface area contributed by atoms with Gasteiger partial charge in [-0.1, -0.05) is 243 Å². The van der Waals surface area contributed by atoms with Crippen LogP contribution in [-0.4, -0.2) is 33.6 Å². The molecule has 6 aromatic heterocycles. The van der Waals surface area contributed by atoms with E-state index >= 15 is 0 Å². The molecule has 0 aliphatic heterocycles. The molecule has 0 saturated heterocycles. The lowest BCUT2D eigenvalue weighted by Crippen LogP contribution is -2.04. The quantitative estimate of drug-likeness (QED) is 0.142. The number of nitrogens with zero attached hydrogens (tertiary/aromatic N) is 7. The number of aromatic nitrogens is 7. The number of furan rings is 1. The highest BCUT2D eigenvalue weighted by Crippen LogP contribution is 2.48. The average molecular weight is 1200 g/mol. The van der Waals surface area contributed by atoms with Gasteiger partial charge in [0.15, 0.2) is 11.4 Å². The SMILES string of the molecule is c1ccc(-c2cc(-c3ccccc3)nc(-c3cc(-n4c5ccccc5c5ccccc54)cc(-n4c5ccccc5c5c(-c6cccc7c6ccc6c(-c8ccccc8)nc(-n8c9ccccc9c9c%10ccccc%10c%10c%11ccccc%11oc%10c98)nc67)cccc54)c3)n2)cc1. The van der Waals surface area contributed by atoms with E-state index in [4.69, 9.17) is 24.4 Å². The van der Waals surface area contributed by atoms with Gasteiger partial charge in [-0.2, -0.15) is 0 Å². The third-order valence-electron chi connectivity index (χ3n) is 19.2. The molecule has 20 rings (SSSR count). The summed E-state index contributed by atoms with van der Waals surface area (Å²) in [4.78, 5) is 22.4. The first-order valence-corrected chi connectivity index (χ1v) is 31.9. The Morgan fingerprint density at radius 3 is 1.38 bits per heavy atom. The second kappa shape index (κ2) is 20.4. The first-order valence-electron chi connectivity index (χ1n) is 31.9. The monoisotopic (exact) mass is 1200 g/mol. The van der Waals surface area contributed by atoms with Crippen LogP contribution >= 0.6 is 0 Å². The molecule has 0 aliphatic carbocycles. The van der Waals surface area contributed by atoms with Crippen molar-refractivity contribution in [3.05, 3.63) is 309 Å². The lowest BCUT2D eigenvalue weighted by atomic mass is 9.93. The maximum atomic E-state index is 7.03. The maximum absolute atomic E-state index is 7.03. The van der Waals surface area contributed by atoms with Crippen LogP contribution in [0.25, 0.3) is 193 Å². The minimum atomic E-state index is 0.564. The van der Waals surface area contributed by atoms with Gasteiger partial charge in [0.25, 0.3) is 0 Å². The number of hydrogen-bond donors (Lipinski definition) is 0. The van der Waals surface area contributed by atoms with E-state index in [0.29, 0.717) is 11.8 Å². The highest BCUT2D eigenvalue weighted by Gasteiger charge is 2.27. The summed E-state index contributed by atoms with van der Waals surface area (Å²) in [6.07, 6.45) is 0. The van der Waals surface area contributed by atoms with Gasteiger partial charge in [-0.3, -0.25) is 4.57 Å². The van der Waals surface area contributed by atoms with E-state index in [1.807, 2.05) is 18.2 Å². The first-order chi connectivity index (χ1) is 46.6. The van der Waals surface area contributed by atoms with Crippen molar-refractivity contribution in [2.45, 2.75) is 0 Å². The Labute approximate surface area is 537 Å². The summed E-state index contributed by atoms with van der Waals surface area (Å²) in [5, 5.41) is 14.4. The molecule has 0 saturated carbocycles. The van der Waals surface area contributed by atoms with Crippen molar-refractivity contribution < 1.29 is 4.42 Å². The molecule has 0 amide bonds. The van der Waals surface area contributed by atoms with Gasteiger partial charge in [-0.05, 0) is 94.0 Å². The van der Waals surface area contributed by atoms with Crippen molar-refractivity contribution in [3.63, 3.8) is 0 Å². The van der Waals surface area contributed by atoms with Crippen molar-refractivity contribution >= 4 is 120 Å². The number of hydrogen-bond acceptors (Lipinski definition) is 5. The zero-order valence-corrected chi connectivity index (χ0v) is 50.5. The largest absolute Gasteiger partial charge is 0.454 e. The van der Waals surface area contributed by atoms with Gasteiger partial charge in [0.2, 0.25) is 5.95 Å². The van der Waals surface area contributed by atoms with E-state index in [9.17, 15) is 0 Å². The fraction of sp³-hybridized carbons (Fsp3) is 0. The topological polar surface area (TPSA) is 79.5 Å². The van der Waals surface area contributed by atoms with Crippen molar-refractivity contribution in [2.75, 3.05) is 0 Å². The number of rotatable bonds is 8. The van der Waals surface area contributed by atoms with Crippen molar-refractivity contribution in [2.24, 2.45) is 0 Å². The van der Waals surface area contributed by atoms with Gasteiger partial charge in [-0.25, -0.2) is 19.9 Å². The van der Waals surface area contributed by atoms with Crippen LogP contribution < -0.4 is 0 Å². The van der Waals surface area contributed by atoms with E-state index in [0.717, 1.165) is 171 Å². The summed E-state index contributed by atoms with van der Waals surface area (Å²) in [6, 6.07) is 110. The minimum absolute atomic E-state index is 0.564. The number of benzene rings is 14. The predicted octanol–water partition coefficient (Wildman–Crippen LogP) is 22.3. The molecule has 0 radical (unpaired) electrons. The maximum Gasteiger partial charge on any atom is 0.235 e. The van der Waals surface area contributed by atoms with Crippen LogP contribution in [0.15, 0.2) is 314 Å². The highest BCUT2D eigenvalue weighted by atomic mass is 16.3. The molecule has 0 atom stereocenters. The summed E-state index contributed by atoms with van der Waals surface area (Å²) in [7, 11) is 0. The Balaban J connectivity index is 0.838. The van der Waals surface area contributed by atoms with E-state index in [1.165, 1.54) is 10.8 Å². The van der Waals surface area contributed by atoms with E-state index < -0.39 is 0 Å². The molecule has 0 bridgehead atoms. The van der Waals surface area contributed by atoms with E-state index in [1.54, 1.807) is 0 Å². The third-order valence-corrected chi connectivity index (χ3v) is 19.2. The second-order valence-corrected chi connectivity index (χ2v) is 24.4. The second-order valence-electron chi connectivity index (χ2n) is 24.4. The molecule has 0 aliphatic rings. The normalized spacial score (nSPS) is 12.0. The van der Waals surface area contributed by atoms with Crippen LogP contribution in [0.1, 0.15) is 0 Å². The fourth-order valence-electron chi connectivity index (χ4n) is 15.2. The zero-order chi connectivity index (χ0) is 61.5. The predicted molar refractivity (Wildman–Crippen MR) is 388 cm³/mol.